The van der Waals surface area contributed by atoms with Gasteiger partial charge in [0.05, 0.1) is 0 Å². The molecule has 0 radical (unpaired) electrons. The van der Waals surface area contributed by atoms with Crippen LogP contribution >= 0.6 is 23.2 Å². The Morgan fingerprint density at radius 3 is 2.56 bits per heavy atom. The topological polar surface area (TPSA) is 38.1 Å². The van der Waals surface area contributed by atoms with Crippen molar-refractivity contribution in [3.8, 4) is 0 Å². The van der Waals surface area contributed by atoms with Crippen LogP contribution in [0, 0.1) is 0 Å². The monoisotopic (exact) mass is 415 g/mol. The Balaban J connectivity index is 1.99. The molecule has 4 nitrogen and oxygen atoms in total. The van der Waals surface area contributed by atoms with Gasteiger partial charge < -0.3 is 4.90 Å². The third-order valence-corrected chi connectivity index (χ3v) is 5.41. The summed E-state index contributed by atoms with van der Waals surface area (Å²) in [4.78, 5) is 14.8. The van der Waals surface area contributed by atoms with E-state index in [2.05, 4.69) is 18.9 Å². The summed E-state index contributed by atoms with van der Waals surface area (Å²) in [6.07, 6.45) is -1.20. The lowest BCUT2D eigenvalue weighted by atomic mass is 9.96. The largest absolute Gasteiger partial charge is 0.331 e. The number of benzene rings is 1. The summed E-state index contributed by atoms with van der Waals surface area (Å²) in [6.45, 7) is 4.41. The van der Waals surface area contributed by atoms with Gasteiger partial charge in [0.15, 0.2) is 0 Å². The molecule has 1 heterocycles. The summed E-state index contributed by atoms with van der Waals surface area (Å²) in [6, 6.07) is 5.60. The first-order chi connectivity index (χ1) is 12.7. The Bertz CT molecular complexity index is 863. The molecule has 1 saturated carbocycles. The highest BCUT2D eigenvalue weighted by Crippen LogP contribution is 2.35. The molecular weight excluding hydrogens is 395 g/mol. The van der Waals surface area contributed by atoms with Crippen LogP contribution in [0.25, 0.3) is 0 Å². The van der Waals surface area contributed by atoms with Crippen molar-refractivity contribution in [1.82, 2.24) is 14.7 Å². The van der Waals surface area contributed by atoms with E-state index in [1.807, 2.05) is 18.2 Å². The molecule has 1 fully saturated rings. The molecule has 0 N–H and O–H groups in total. The van der Waals surface area contributed by atoms with Crippen molar-refractivity contribution >= 4 is 29.1 Å². The number of hydrogen-bond acceptors (Lipinski definition) is 2. The number of amides is 1. The van der Waals surface area contributed by atoms with E-state index >= 15 is 0 Å². The van der Waals surface area contributed by atoms with Gasteiger partial charge >= 0.3 is 0 Å². The second-order valence-electron chi connectivity index (χ2n) is 7.14. The van der Waals surface area contributed by atoms with Gasteiger partial charge in [-0.25, -0.2) is 8.78 Å². The van der Waals surface area contributed by atoms with Gasteiger partial charge in [0.25, 0.3) is 12.3 Å². The molecule has 0 bridgehead atoms. The summed E-state index contributed by atoms with van der Waals surface area (Å²) >= 11 is 12.3. The highest BCUT2D eigenvalue weighted by Gasteiger charge is 2.38. The second-order valence-corrected chi connectivity index (χ2v) is 7.93. The minimum atomic E-state index is -2.87. The second kappa shape index (κ2) is 7.76. The van der Waals surface area contributed by atoms with Crippen LogP contribution in [0.15, 0.2) is 18.2 Å². The summed E-state index contributed by atoms with van der Waals surface area (Å²) in [5, 5.41) is 4.23. The van der Waals surface area contributed by atoms with Crippen molar-refractivity contribution in [2.45, 2.75) is 51.6 Å². The quantitative estimate of drug-likeness (QED) is 0.616. The van der Waals surface area contributed by atoms with E-state index in [9.17, 15) is 13.6 Å². The van der Waals surface area contributed by atoms with Gasteiger partial charge in [-0.15, -0.1) is 0 Å². The third-order valence-electron chi connectivity index (χ3n) is 4.74. The van der Waals surface area contributed by atoms with E-state index in [1.54, 1.807) is 4.90 Å². The molecule has 146 valence electrons. The maximum absolute atomic E-state index is 13.4. The van der Waals surface area contributed by atoms with E-state index < -0.39 is 18.0 Å². The molecular formula is C19H21Cl2F2N3O. The van der Waals surface area contributed by atoms with Crippen LogP contribution in [-0.4, -0.2) is 26.6 Å². The predicted octanol–water partition coefficient (Wildman–Crippen LogP) is 5.59. The minimum absolute atomic E-state index is 0.0123. The average Bonchev–Trinajstić information content (AvgIpc) is 3.38. The minimum Gasteiger partial charge on any atom is -0.331 e. The molecule has 2 aromatic rings. The Morgan fingerprint density at radius 2 is 2.00 bits per heavy atom. The molecule has 1 aromatic heterocycles. The number of carbonyl (C=O) groups excluding carboxylic acids is 1. The number of alkyl halides is 2. The number of carbonyl (C=O) groups is 1. The molecule has 0 saturated heterocycles. The third kappa shape index (κ3) is 4.11. The molecule has 1 aliphatic rings. The number of hydrogen-bond donors (Lipinski definition) is 0. The van der Waals surface area contributed by atoms with E-state index in [4.69, 9.17) is 23.2 Å². The van der Waals surface area contributed by atoms with Crippen molar-refractivity contribution in [3.63, 3.8) is 0 Å². The molecule has 0 aliphatic heterocycles. The average molecular weight is 416 g/mol. The van der Waals surface area contributed by atoms with Crippen LogP contribution < -0.4 is 0 Å². The van der Waals surface area contributed by atoms with Gasteiger partial charge in [-0.3, -0.25) is 9.48 Å². The van der Waals surface area contributed by atoms with Crippen molar-refractivity contribution in [2.24, 2.45) is 7.05 Å². The number of rotatable bonds is 6. The van der Waals surface area contributed by atoms with E-state index in [0.29, 0.717) is 11.6 Å². The lowest BCUT2D eigenvalue weighted by Gasteiger charge is -2.25. The van der Waals surface area contributed by atoms with Crippen LogP contribution in [0.3, 0.4) is 0 Å². The fourth-order valence-electron chi connectivity index (χ4n) is 3.23. The van der Waals surface area contributed by atoms with Crippen molar-refractivity contribution in [3.05, 3.63) is 50.8 Å². The Hall–Kier alpha value is -1.66. The van der Waals surface area contributed by atoms with E-state index in [-0.39, 0.29) is 22.7 Å². The van der Waals surface area contributed by atoms with Crippen LogP contribution in [0.5, 0.6) is 0 Å². The number of aromatic nitrogens is 2. The first-order valence-electron chi connectivity index (χ1n) is 8.80. The van der Waals surface area contributed by atoms with Crippen LogP contribution in [0.2, 0.25) is 10.2 Å². The first kappa shape index (κ1) is 20.1. The van der Waals surface area contributed by atoms with Crippen molar-refractivity contribution in [1.29, 1.82) is 0 Å². The van der Waals surface area contributed by atoms with E-state index in [1.165, 1.54) is 7.05 Å². The van der Waals surface area contributed by atoms with Gasteiger partial charge in [-0.1, -0.05) is 43.1 Å². The van der Waals surface area contributed by atoms with Crippen LogP contribution in [-0.2, 0) is 13.6 Å². The summed E-state index contributed by atoms with van der Waals surface area (Å²) in [5.41, 5.74) is 1.20. The van der Waals surface area contributed by atoms with Gasteiger partial charge in [0, 0.05) is 24.7 Å². The summed E-state index contributed by atoms with van der Waals surface area (Å²) in [7, 11) is 1.44. The predicted molar refractivity (Wildman–Crippen MR) is 102 cm³/mol. The molecule has 1 aliphatic carbocycles. The molecule has 27 heavy (non-hydrogen) atoms. The Morgan fingerprint density at radius 1 is 1.33 bits per heavy atom. The zero-order valence-corrected chi connectivity index (χ0v) is 16.9. The molecule has 0 unspecified atom stereocenters. The molecule has 1 amide bonds. The maximum atomic E-state index is 13.4. The van der Waals surface area contributed by atoms with Crippen LogP contribution in [0.1, 0.15) is 66.2 Å². The summed E-state index contributed by atoms with van der Waals surface area (Å²) < 4.78 is 27.9. The molecule has 1 aromatic carbocycles. The molecule has 0 spiro atoms. The zero-order chi connectivity index (χ0) is 19.9. The van der Waals surface area contributed by atoms with Gasteiger partial charge in [-0.05, 0) is 42.0 Å². The summed E-state index contributed by atoms with van der Waals surface area (Å²) in [5.74, 6) is -0.271. The zero-order valence-electron chi connectivity index (χ0n) is 15.3. The lowest BCUT2D eigenvalue weighted by Crippen LogP contribution is -2.33. The smallest absolute Gasteiger partial charge is 0.283 e. The number of nitrogens with zero attached hydrogens (tertiary/aromatic N) is 3. The fourth-order valence-corrected chi connectivity index (χ4v) is 3.64. The molecule has 3 rings (SSSR count). The fraction of sp³-hybridized carbons (Fsp3) is 0.474. The number of aryl methyl sites for hydroxylation is 1. The molecule has 8 heteroatoms. The normalized spacial score (nSPS) is 14.3. The van der Waals surface area contributed by atoms with Gasteiger partial charge in [0.1, 0.15) is 16.4 Å². The van der Waals surface area contributed by atoms with Gasteiger partial charge in [0.2, 0.25) is 0 Å². The maximum Gasteiger partial charge on any atom is 0.283 e. The lowest BCUT2D eigenvalue weighted by molar-refractivity contribution is 0.0717. The number of halogens is 4. The highest BCUT2D eigenvalue weighted by molar-refractivity contribution is 6.33. The highest BCUT2D eigenvalue weighted by atomic mass is 35.5. The van der Waals surface area contributed by atoms with Crippen LogP contribution in [0.4, 0.5) is 8.78 Å². The van der Waals surface area contributed by atoms with Crippen molar-refractivity contribution in [2.75, 3.05) is 0 Å². The Kier molecular flexibility index (Phi) is 5.77. The standard InChI is InChI=1S/C19H21Cl2F2N3O/c1-10(2)14-7-4-12(20)8-11(14)9-26(13-5-6-13)19(27)15-16(18(22)23)24-25(3)17(15)21/h4,7-8,10,13,18H,5-6,9H2,1-3H3. The van der Waals surface area contributed by atoms with E-state index in [0.717, 1.165) is 28.7 Å². The SMILES string of the molecule is CC(C)c1ccc(Cl)cc1CN(C(=O)c1c(C(F)F)nn(C)c1Cl)C1CC1. The Labute approximate surface area is 167 Å². The molecule has 0 atom stereocenters. The van der Waals surface area contributed by atoms with Gasteiger partial charge in [-0.2, -0.15) is 5.10 Å². The van der Waals surface area contributed by atoms with Crippen molar-refractivity contribution < 1.29 is 13.6 Å². The first-order valence-corrected chi connectivity index (χ1v) is 9.56.